The van der Waals surface area contributed by atoms with Crippen molar-refractivity contribution in [3.05, 3.63) is 40.5 Å². The molecule has 0 aliphatic carbocycles. The highest BCUT2D eigenvalue weighted by Crippen LogP contribution is 2.18. The van der Waals surface area contributed by atoms with Gasteiger partial charge in [0.15, 0.2) is 0 Å². The summed E-state index contributed by atoms with van der Waals surface area (Å²) in [4.78, 5) is 4.38. The van der Waals surface area contributed by atoms with Gasteiger partial charge in [-0.05, 0) is 24.3 Å². The molecule has 0 radical (unpaired) electrons. The van der Waals surface area contributed by atoms with Crippen LogP contribution in [0.15, 0.2) is 34.8 Å². The first-order valence-electron chi connectivity index (χ1n) is 3.91. The van der Waals surface area contributed by atoms with E-state index < -0.39 is 0 Å². The van der Waals surface area contributed by atoms with Crippen LogP contribution < -0.4 is 0 Å². The molecule has 0 N–H and O–H groups in total. The summed E-state index contributed by atoms with van der Waals surface area (Å²) in [6, 6.07) is 9.98. The Morgan fingerprint density at radius 3 is 2.85 bits per heavy atom. The van der Waals surface area contributed by atoms with Crippen molar-refractivity contribution >= 4 is 38.4 Å². The molecular formula is C10H7BrClN. The molecule has 13 heavy (non-hydrogen) atoms. The molecule has 3 heteroatoms. The number of benzene rings is 1. The fraction of sp³-hybridized carbons (Fsp3) is 0.100. The zero-order valence-electron chi connectivity index (χ0n) is 6.80. The number of hydrogen-bond acceptors (Lipinski definition) is 1. The van der Waals surface area contributed by atoms with E-state index in [-0.39, 0.29) is 0 Å². The predicted molar refractivity (Wildman–Crippen MR) is 59.0 cm³/mol. The molecule has 1 aromatic carbocycles. The maximum absolute atomic E-state index is 5.69. The van der Waals surface area contributed by atoms with Crippen molar-refractivity contribution in [1.29, 1.82) is 0 Å². The Morgan fingerprint density at radius 1 is 1.23 bits per heavy atom. The van der Waals surface area contributed by atoms with Gasteiger partial charge in [0.1, 0.15) is 0 Å². The average molecular weight is 257 g/mol. The largest absolute Gasteiger partial charge is 0.252 e. The third-order valence-electron chi connectivity index (χ3n) is 1.85. The predicted octanol–water partition coefficient (Wildman–Crippen LogP) is 3.74. The lowest BCUT2D eigenvalue weighted by Gasteiger charge is -1.99. The quantitative estimate of drug-likeness (QED) is 0.708. The fourth-order valence-electron chi connectivity index (χ4n) is 1.21. The van der Waals surface area contributed by atoms with Crippen LogP contribution in [0.2, 0.25) is 0 Å². The third kappa shape index (κ3) is 1.84. The van der Waals surface area contributed by atoms with Gasteiger partial charge in [-0.3, -0.25) is 4.98 Å². The fourth-order valence-corrected chi connectivity index (χ4v) is 1.74. The molecule has 0 spiro atoms. The van der Waals surface area contributed by atoms with Crippen LogP contribution >= 0.6 is 27.5 Å². The third-order valence-corrected chi connectivity index (χ3v) is 2.61. The first-order chi connectivity index (χ1) is 6.29. The molecule has 0 bridgehead atoms. The molecule has 1 aromatic heterocycles. The minimum absolute atomic E-state index is 0.464. The molecule has 1 nitrogen and oxygen atoms in total. The van der Waals surface area contributed by atoms with Crippen molar-refractivity contribution in [2.45, 2.75) is 5.88 Å². The van der Waals surface area contributed by atoms with E-state index in [0.717, 1.165) is 21.1 Å². The van der Waals surface area contributed by atoms with Gasteiger partial charge in [-0.25, -0.2) is 0 Å². The summed E-state index contributed by atoms with van der Waals surface area (Å²) in [7, 11) is 0. The Bertz CT molecular complexity index is 442. The summed E-state index contributed by atoms with van der Waals surface area (Å²) in [5.74, 6) is 0.464. The number of aromatic nitrogens is 1. The topological polar surface area (TPSA) is 12.9 Å². The van der Waals surface area contributed by atoms with Crippen LogP contribution in [-0.4, -0.2) is 4.98 Å². The summed E-state index contributed by atoms with van der Waals surface area (Å²) in [6.45, 7) is 0. The Labute approximate surface area is 89.9 Å². The second-order valence-corrected chi connectivity index (χ2v) is 3.96. The lowest BCUT2D eigenvalue weighted by atomic mass is 10.2. The van der Waals surface area contributed by atoms with Crippen molar-refractivity contribution in [1.82, 2.24) is 4.98 Å². The SMILES string of the molecule is ClCc1ccc2cc(Br)ccc2n1. The van der Waals surface area contributed by atoms with E-state index >= 15 is 0 Å². The van der Waals surface area contributed by atoms with Crippen molar-refractivity contribution < 1.29 is 0 Å². The standard InChI is InChI=1S/C10H7BrClN/c11-8-2-4-10-7(5-8)1-3-9(6-12)13-10/h1-5H,6H2. The van der Waals surface area contributed by atoms with E-state index in [2.05, 4.69) is 20.9 Å². The van der Waals surface area contributed by atoms with Crippen LogP contribution in [0.3, 0.4) is 0 Å². The van der Waals surface area contributed by atoms with E-state index in [4.69, 9.17) is 11.6 Å². The molecule has 0 fully saturated rings. The maximum Gasteiger partial charge on any atom is 0.0706 e. The van der Waals surface area contributed by atoms with Crippen LogP contribution in [0.4, 0.5) is 0 Å². The second kappa shape index (κ2) is 3.64. The van der Waals surface area contributed by atoms with E-state index in [1.54, 1.807) is 0 Å². The van der Waals surface area contributed by atoms with Gasteiger partial charge < -0.3 is 0 Å². The molecule has 0 unspecified atom stereocenters. The number of hydrogen-bond donors (Lipinski definition) is 0. The number of alkyl halides is 1. The van der Waals surface area contributed by atoms with Crippen molar-refractivity contribution in [3.63, 3.8) is 0 Å². The Hall–Kier alpha value is -0.600. The van der Waals surface area contributed by atoms with Crippen molar-refractivity contribution in [2.75, 3.05) is 0 Å². The molecule has 0 atom stereocenters. The Balaban J connectivity index is 2.66. The van der Waals surface area contributed by atoms with Crippen LogP contribution in [0.5, 0.6) is 0 Å². The van der Waals surface area contributed by atoms with Gasteiger partial charge in [-0.15, -0.1) is 11.6 Å². The highest BCUT2D eigenvalue weighted by atomic mass is 79.9. The highest BCUT2D eigenvalue weighted by Gasteiger charge is 1.97. The van der Waals surface area contributed by atoms with Gasteiger partial charge >= 0.3 is 0 Å². The summed E-state index contributed by atoms with van der Waals surface area (Å²) in [6.07, 6.45) is 0. The van der Waals surface area contributed by atoms with Crippen LogP contribution in [0.1, 0.15) is 5.69 Å². The molecule has 2 rings (SSSR count). The minimum Gasteiger partial charge on any atom is -0.252 e. The smallest absolute Gasteiger partial charge is 0.0706 e. The van der Waals surface area contributed by atoms with E-state index in [0.29, 0.717) is 5.88 Å². The van der Waals surface area contributed by atoms with E-state index in [1.807, 2.05) is 30.3 Å². The van der Waals surface area contributed by atoms with E-state index in [1.165, 1.54) is 0 Å². The number of halogens is 2. The second-order valence-electron chi connectivity index (χ2n) is 2.77. The lowest BCUT2D eigenvalue weighted by Crippen LogP contribution is -1.85. The Kier molecular flexibility index (Phi) is 2.51. The van der Waals surface area contributed by atoms with Gasteiger partial charge in [0, 0.05) is 9.86 Å². The molecule has 1 heterocycles. The minimum atomic E-state index is 0.464. The first kappa shape index (κ1) is 8.97. The zero-order valence-corrected chi connectivity index (χ0v) is 9.14. The lowest BCUT2D eigenvalue weighted by molar-refractivity contribution is 1.22. The summed E-state index contributed by atoms with van der Waals surface area (Å²) >= 11 is 9.10. The van der Waals surface area contributed by atoms with Gasteiger partial charge in [0.2, 0.25) is 0 Å². The number of pyridine rings is 1. The first-order valence-corrected chi connectivity index (χ1v) is 5.23. The average Bonchev–Trinajstić information content (AvgIpc) is 2.17. The number of fused-ring (bicyclic) bond motifs is 1. The van der Waals surface area contributed by atoms with Crippen LogP contribution in [0.25, 0.3) is 10.9 Å². The molecular weight excluding hydrogens is 249 g/mol. The van der Waals surface area contributed by atoms with Gasteiger partial charge in [-0.2, -0.15) is 0 Å². The molecule has 2 aromatic rings. The van der Waals surface area contributed by atoms with Crippen molar-refractivity contribution in [3.8, 4) is 0 Å². The number of nitrogens with zero attached hydrogens (tertiary/aromatic N) is 1. The normalized spacial score (nSPS) is 10.6. The van der Waals surface area contributed by atoms with Crippen molar-refractivity contribution in [2.24, 2.45) is 0 Å². The van der Waals surface area contributed by atoms with Crippen LogP contribution in [-0.2, 0) is 5.88 Å². The molecule has 0 saturated heterocycles. The maximum atomic E-state index is 5.69. The Morgan fingerprint density at radius 2 is 2.08 bits per heavy atom. The van der Waals surface area contributed by atoms with E-state index in [9.17, 15) is 0 Å². The molecule has 0 aliphatic heterocycles. The summed E-state index contributed by atoms with van der Waals surface area (Å²) in [5.41, 5.74) is 1.90. The number of rotatable bonds is 1. The highest BCUT2D eigenvalue weighted by molar-refractivity contribution is 9.10. The van der Waals surface area contributed by atoms with Crippen LogP contribution in [0, 0.1) is 0 Å². The monoisotopic (exact) mass is 255 g/mol. The summed E-state index contributed by atoms with van der Waals surface area (Å²) in [5, 5.41) is 1.13. The summed E-state index contributed by atoms with van der Waals surface area (Å²) < 4.78 is 1.07. The van der Waals surface area contributed by atoms with Gasteiger partial charge in [-0.1, -0.05) is 22.0 Å². The van der Waals surface area contributed by atoms with Gasteiger partial charge in [0.05, 0.1) is 17.1 Å². The molecule has 66 valence electrons. The molecule has 0 aliphatic rings. The zero-order chi connectivity index (χ0) is 9.26. The molecule has 0 amide bonds. The molecule has 0 saturated carbocycles. The van der Waals surface area contributed by atoms with Gasteiger partial charge in [0.25, 0.3) is 0 Å².